The number of aromatic nitrogens is 3. The van der Waals surface area contributed by atoms with E-state index in [4.69, 9.17) is 4.98 Å². The van der Waals surface area contributed by atoms with Gasteiger partial charge in [0.2, 0.25) is 5.95 Å². The molecular weight excluding hydrogens is 322 g/mol. The molecule has 3 aromatic rings. The molecule has 1 atom stereocenters. The highest BCUT2D eigenvalue weighted by molar-refractivity contribution is 5.96. The van der Waals surface area contributed by atoms with Gasteiger partial charge in [-0.1, -0.05) is 24.8 Å². The van der Waals surface area contributed by atoms with Crippen molar-refractivity contribution in [2.45, 2.75) is 45.2 Å². The molecule has 0 saturated carbocycles. The fourth-order valence-electron chi connectivity index (χ4n) is 3.95. The van der Waals surface area contributed by atoms with E-state index in [0.717, 1.165) is 35.3 Å². The summed E-state index contributed by atoms with van der Waals surface area (Å²) in [6.07, 6.45) is 5.72. The van der Waals surface area contributed by atoms with Crippen LogP contribution in [0.5, 0.6) is 0 Å². The quantitative estimate of drug-likeness (QED) is 0.657. The second kappa shape index (κ2) is 6.16. The van der Waals surface area contributed by atoms with E-state index in [1.54, 1.807) is 0 Å². The van der Waals surface area contributed by atoms with Gasteiger partial charge >= 0.3 is 0 Å². The number of hydrogen-bond donors (Lipinski definition) is 3. The molecule has 1 aliphatic heterocycles. The van der Waals surface area contributed by atoms with Crippen molar-refractivity contribution in [3.05, 3.63) is 54.5 Å². The van der Waals surface area contributed by atoms with Gasteiger partial charge in [0.25, 0.3) is 0 Å². The van der Waals surface area contributed by atoms with E-state index in [0.29, 0.717) is 5.95 Å². The normalized spacial score (nSPS) is 19.3. The highest BCUT2D eigenvalue weighted by atomic mass is 15.1. The maximum Gasteiger partial charge on any atom is 0.223 e. The number of hydrogen-bond acceptors (Lipinski definition) is 4. The lowest BCUT2D eigenvalue weighted by Crippen LogP contribution is -2.48. The first-order valence-corrected chi connectivity index (χ1v) is 9.04. The number of fused-ring (bicyclic) bond motifs is 1. The van der Waals surface area contributed by atoms with Gasteiger partial charge in [-0.15, -0.1) is 0 Å². The molecule has 1 aliphatic rings. The van der Waals surface area contributed by atoms with Crippen molar-refractivity contribution in [1.82, 2.24) is 20.3 Å². The third-order valence-electron chi connectivity index (χ3n) is 4.95. The van der Waals surface area contributed by atoms with Crippen molar-refractivity contribution in [1.29, 1.82) is 0 Å². The van der Waals surface area contributed by atoms with E-state index in [2.05, 4.69) is 66.2 Å². The van der Waals surface area contributed by atoms with E-state index < -0.39 is 0 Å². The number of nitrogens with zero attached hydrogens (tertiary/aromatic N) is 2. The maximum atomic E-state index is 4.77. The highest BCUT2D eigenvalue weighted by Gasteiger charge is 2.29. The summed E-state index contributed by atoms with van der Waals surface area (Å²) >= 11 is 0. The summed E-state index contributed by atoms with van der Waals surface area (Å²) in [5.41, 5.74) is 5.50. The van der Waals surface area contributed by atoms with E-state index in [1.807, 2.05) is 18.5 Å². The fraction of sp³-hybridized carbons (Fsp3) is 0.333. The van der Waals surface area contributed by atoms with Gasteiger partial charge in [0.15, 0.2) is 0 Å². The summed E-state index contributed by atoms with van der Waals surface area (Å²) in [6, 6.07) is 8.56. The van der Waals surface area contributed by atoms with Crippen molar-refractivity contribution in [3.63, 3.8) is 0 Å². The number of aromatic amines is 1. The SMILES string of the molecule is C=C1CC(Nc2nccc(-c3c[nH]c4c(C)cccc34)n2)CC(C)(C)N1. The number of rotatable bonds is 3. The molecule has 1 saturated heterocycles. The predicted molar refractivity (Wildman–Crippen MR) is 107 cm³/mol. The molecule has 0 aliphatic carbocycles. The average Bonchev–Trinajstić information content (AvgIpc) is 2.98. The Hall–Kier alpha value is -2.82. The molecule has 5 nitrogen and oxygen atoms in total. The molecule has 4 rings (SSSR count). The number of anilines is 1. The minimum atomic E-state index is 0.0268. The largest absolute Gasteiger partial charge is 0.384 e. The molecule has 5 heteroatoms. The Kier molecular flexibility index (Phi) is 3.94. The topological polar surface area (TPSA) is 65.6 Å². The number of aryl methyl sites for hydroxylation is 1. The van der Waals surface area contributed by atoms with Crippen LogP contribution in [0.3, 0.4) is 0 Å². The van der Waals surface area contributed by atoms with Crippen LogP contribution in [-0.4, -0.2) is 26.5 Å². The van der Waals surface area contributed by atoms with Crippen molar-refractivity contribution in [2.75, 3.05) is 5.32 Å². The van der Waals surface area contributed by atoms with E-state index in [1.165, 1.54) is 10.9 Å². The van der Waals surface area contributed by atoms with Crippen molar-refractivity contribution < 1.29 is 0 Å². The molecule has 3 N–H and O–H groups in total. The van der Waals surface area contributed by atoms with Gasteiger partial charge < -0.3 is 15.6 Å². The maximum absolute atomic E-state index is 4.77. The first kappa shape index (κ1) is 16.6. The minimum absolute atomic E-state index is 0.0268. The van der Waals surface area contributed by atoms with Gasteiger partial charge in [-0.3, -0.25) is 0 Å². The number of benzene rings is 1. The Morgan fingerprint density at radius 3 is 2.92 bits per heavy atom. The fourth-order valence-corrected chi connectivity index (χ4v) is 3.95. The van der Waals surface area contributed by atoms with Crippen molar-refractivity contribution in [3.8, 4) is 11.3 Å². The van der Waals surface area contributed by atoms with Crippen LogP contribution in [0, 0.1) is 6.92 Å². The number of nitrogens with one attached hydrogen (secondary N) is 3. The van der Waals surface area contributed by atoms with Crippen LogP contribution < -0.4 is 10.6 Å². The van der Waals surface area contributed by atoms with Crippen LogP contribution in [0.15, 0.2) is 48.9 Å². The van der Waals surface area contributed by atoms with Crippen molar-refractivity contribution in [2.24, 2.45) is 0 Å². The van der Waals surface area contributed by atoms with Gasteiger partial charge in [0.1, 0.15) is 0 Å². The summed E-state index contributed by atoms with van der Waals surface area (Å²) in [4.78, 5) is 12.6. The van der Waals surface area contributed by atoms with E-state index in [-0.39, 0.29) is 11.6 Å². The smallest absolute Gasteiger partial charge is 0.223 e. The Balaban J connectivity index is 1.63. The Morgan fingerprint density at radius 1 is 1.27 bits per heavy atom. The van der Waals surface area contributed by atoms with Gasteiger partial charge in [0.05, 0.1) is 5.69 Å². The molecule has 0 amide bonds. The van der Waals surface area contributed by atoms with Gasteiger partial charge in [-0.25, -0.2) is 9.97 Å². The summed E-state index contributed by atoms with van der Waals surface area (Å²) in [5, 5.41) is 8.13. The zero-order chi connectivity index (χ0) is 18.3. The van der Waals surface area contributed by atoms with Crippen molar-refractivity contribution >= 4 is 16.9 Å². The van der Waals surface area contributed by atoms with Crippen LogP contribution >= 0.6 is 0 Å². The minimum Gasteiger partial charge on any atom is -0.384 e. The zero-order valence-electron chi connectivity index (χ0n) is 15.6. The lowest BCUT2D eigenvalue weighted by Gasteiger charge is -2.38. The average molecular weight is 347 g/mol. The molecule has 2 aromatic heterocycles. The molecular formula is C21H25N5. The molecule has 0 bridgehead atoms. The van der Waals surface area contributed by atoms with Gasteiger partial charge in [-0.2, -0.15) is 0 Å². The monoisotopic (exact) mass is 347 g/mol. The highest BCUT2D eigenvalue weighted by Crippen LogP contribution is 2.30. The standard InChI is InChI=1S/C21H25N5/c1-13-6-5-7-16-17(12-23-19(13)16)18-8-9-22-20(25-18)24-15-10-14(2)26-21(3,4)11-15/h5-9,12,15,23,26H,2,10-11H2,1,3-4H3,(H,22,24,25). The molecule has 26 heavy (non-hydrogen) atoms. The molecule has 1 aromatic carbocycles. The Bertz CT molecular complexity index is 969. The number of H-pyrrole nitrogens is 1. The molecule has 1 fully saturated rings. The lowest BCUT2D eigenvalue weighted by molar-refractivity contribution is 0.324. The number of para-hydroxylation sites is 1. The third-order valence-corrected chi connectivity index (χ3v) is 4.95. The Labute approximate surface area is 154 Å². The lowest BCUT2D eigenvalue weighted by atomic mass is 9.88. The zero-order valence-corrected chi connectivity index (χ0v) is 15.6. The number of piperidine rings is 1. The van der Waals surface area contributed by atoms with Crippen LogP contribution in [0.2, 0.25) is 0 Å². The molecule has 0 radical (unpaired) electrons. The summed E-state index contributed by atoms with van der Waals surface area (Å²) in [5.74, 6) is 0.667. The predicted octanol–water partition coefficient (Wildman–Crippen LogP) is 4.39. The van der Waals surface area contributed by atoms with E-state index >= 15 is 0 Å². The molecule has 0 spiro atoms. The van der Waals surface area contributed by atoms with Crippen LogP contribution in [-0.2, 0) is 0 Å². The van der Waals surface area contributed by atoms with Crippen LogP contribution in [0.1, 0.15) is 32.3 Å². The third kappa shape index (κ3) is 3.17. The van der Waals surface area contributed by atoms with Crippen LogP contribution in [0.25, 0.3) is 22.2 Å². The van der Waals surface area contributed by atoms with Gasteiger partial charge in [0, 0.05) is 52.6 Å². The first-order valence-electron chi connectivity index (χ1n) is 9.04. The van der Waals surface area contributed by atoms with Crippen LogP contribution in [0.4, 0.5) is 5.95 Å². The molecule has 134 valence electrons. The molecule has 1 unspecified atom stereocenters. The summed E-state index contributed by atoms with van der Waals surface area (Å²) in [6.45, 7) is 10.6. The second-order valence-electron chi connectivity index (χ2n) is 7.83. The Morgan fingerprint density at radius 2 is 2.12 bits per heavy atom. The van der Waals surface area contributed by atoms with Gasteiger partial charge in [-0.05, 0) is 38.8 Å². The summed E-state index contributed by atoms with van der Waals surface area (Å²) in [7, 11) is 0. The first-order chi connectivity index (χ1) is 12.4. The second-order valence-corrected chi connectivity index (χ2v) is 7.83. The summed E-state index contributed by atoms with van der Waals surface area (Å²) < 4.78 is 0. The van der Waals surface area contributed by atoms with E-state index in [9.17, 15) is 0 Å². The molecule has 3 heterocycles.